The topological polar surface area (TPSA) is 65.5 Å². The molecule has 1 aliphatic rings. The number of hydrogen-bond acceptors (Lipinski definition) is 5. The van der Waals surface area contributed by atoms with Crippen molar-refractivity contribution in [1.29, 1.82) is 0 Å². The average Bonchev–Trinajstić information content (AvgIpc) is 2.63. The lowest BCUT2D eigenvalue weighted by molar-refractivity contribution is -0.167. The second-order valence-corrected chi connectivity index (χ2v) is 8.21. The molecule has 0 saturated carbocycles. The second-order valence-electron chi connectivity index (χ2n) is 7.10. The third-order valence-corrected chi connectivity index (χ3v) is 6.02. The van der Waals surface area contributed by atoms with Crippen LogP contribution >= 0.6 is 15.9 Å². The van der Waals surface area contributed by atoms with Gasteiger partial charge in [0, 0.05) is 35.9 Å². The molecule has 3 aromatic rings. The van der Waals surface area contributed by atoms with E-state index in [0.717, 1.165) is 32.8 Å². The number of rotatable bonds is 2. The summed E-state index contributed by atoms with van der Waals surface area (Å²) >= 11 is 3.73. The number of carbonyl (C=O) groups is 2. The third-order valence-electron chi connectivity index (χ3n) is 5.19. The number of ether oxygens (including phenoxy) is 2. The Kier molecular flexibility index (Phi) is 4.83. The SMILES string of the molecule is CC(=O)O[C@@H]1c2nc3c(ccc4ccccc43)c(C)c2[C@H](Br)C[C@H]1OC(C)=O. The minimum atomic E-state index is -0.729. The number of alkyl halides is 1. The molecule has 3 atom stereocenters. The molecule has 0 aliphatic heterocycles. The molecule has 1 aliphatic carbocycles. The first kappa shape index (κ1) is 18.9. The van der Waals surface area contributed by atoms with Crippen molar-refractivity contribution in [2.24, 2.45) is 0 Å². The van der Waals surface area contributed by atoms with Crippen molar-refractivity contribution in [3.8, 4) is 0 Å². The van der Waals surface area contributed by atoms with Gasteiger partial charge in [-0.3, -0.25) is 9.59 Å². The fourth-order valence-electron chi connectivity index (χ4n) is 4.06. The average molecular weight is 442 g/mol. The van der Waals surface area contributed by atoms with E-state index in [1.165, 1.54) is 13.8 Å². The van der Waals surface area contributed by atoms with E-state index in [0.29, 0.717) is 12.1 Å². The molecule has 0 spiro atoms. The van der Waals surface area contributed by atoms with E-state index < -0.39 is 24.1 Å². The number of aromatic nitrogens is 1. The summed E-state index contributed by atoms with van der Waals surface area (Å²) in [5.74, 6) is -0.841. The Labute approximate surface area is 171 Å². The normalized spacial score (nSPS) is 21.4. The summed E-state index contributed by atoms with van der Waals surface area (Å²) < 4.78 is 11.1. The van der Waals surface area contributed by atoms with Crippen LogP contribution in [0.2, 0.25) is 0 Å². The largest absolute Gasteiger partial charge is 0.458 e. The molecule has 6 heteroatoms. The molecule has 4 rings (SSSR count). The first-order chi connectivity index (χ1) is 13.4. The predicted molar refractivity (Wildman–Crippen MR) is 110 cm³/mol. The lowest BCUT2D eigenvalue weighted by Gasteiger charge is -2.35. The second kappa shape index (κ2) is 7.17. The van der Waals surface area contributed by atoms with Crippen LogP contribution in [0.15, 0.2) is 36.4 Å². The van der Waals surface area contributed by atoms with E-state index in [1.54, 1.807) is 0 Å². The smallest absolute Gasteiger partial charge is 0.303 e. The molecule has 0 radical (unpaired) electrons. The zero-order valence-corrected chi connectivity index (χ0v) is 17.4. The molecule has 5 nitrogen and oxygen atoms in total. The monoisotopic (exact) mass is 441 g/mol. The maximum Gasteiger partial charge on any atom is 0.303 e. The number of carbonyl (C=O) groups excluding carboxylic acids is 2. The molecule has 1 aromatic heterocycles. The Bertz CT molecular complexity index is 1110. The quantitative estimate of drug-likeness (QED) is 0.315. The molecular weight excluding hydrogens is 422 g/mol. The van der Waals surface area contributed by atoms with E-state index in [4.69, 9.17) is 14.5 Å². The van der Waals surface area contributed by atoms with Gasteiger partial charge >= 0.3 is 11.9 Å². The van der Waals surface area contributed by atoms with Gasteiger partial charge in [0.25, 0.3) is 0 Å². The van der Waals surface area contributed by atoms with Crippen LogP contribution in [0.5, 0.6) is 0 Å². The molecule has 0 bridgehead atoms. The summed E-state index contributed by atoms with van der Waals surface area (Å²) in [7, 11) is 0. The Morgan fingerprint density at radius 3 is 2.46 bits per heavy atom. The number of benzene rings is 2. The maximum atomic E-state index is 11.8. The summed E-state index contributed by atoms with van der Waals surface area (Å²) in [6, 6.07) is 12.2. The predicted octanol–water partition coefficient (Wildman–Crippen LogP) is 5.07. The molecule has 0 fully saturated rings. The minimum Gasteiger partial charge on any atom is -0.458 e. The summed E-state index contributed by atoms with van der Waals surface area (Å²) in [5, 5.41) is 3.19. The molecule has 1 heterocycles. The van der Waals surface area contributed by atoms with Crippen molar-refractivity contribution in [2.45, 2.75) is 44.2 Å². The molecule has 28 heavy (non-hydrogen) atoms. The Morgan fingerprint density at radius 1 is 1.04 bits per heavy atom. The minimum absolute atomic E-state index is 0.0537. The molecule has 0 N–H and O–H groups in total. The van der Waals surface area contributed by atoms with E-state index in [1.807, 2.05) is 24.3 Å². The standard InChI is InChI=1S/C22H20BrNO4/c1-11-15-9-8-14-6-4-5-7-16(14)20(15)24-21-19(11)17(23)10-18(27-12(2)25)22(21)28-13(3)26/h4-9,17-18,22H,10H2,1-3H3/t17-,18-,22+/m1/s1. The lowest BCUT2D eigenvalue weighted by Crippen LogP contribution is -2.34. The van der Waals surface area contributed by atoms with Crippen LogP contribution in [0.3, 0.4) is 0 Å². The van der Waals surface area contributed by atoms with Gasteiger partial charge in [-0.05, 0) is 23.4 Å². The van der Waals surface area contributed by atoms with Crippen LogP contribution in [0.1, 0.15) is 48.0 Å². The van der Waals surface area contributed by atoms with Gasteiger partial charge in [0.1, 0.15) is 6.10 Å². The van der Waals surface area contributed by atoms with E-state index in [2.05, 4.69) is 35.0 Å². The molecule has 2 aromatic carbocycles. The van der Waals surface area contributed by atoms with Crippen LogP contribution in [0, 0.1) is 6.92 Å². The molecule has 0 unspecified atom stereocenters. The zero-order valence-electron chi connectivity index (χ0n) is 15.9. The van der Waals surface area contributed by atoms with Crippen molar-refractivity contribution >= 4 is 49.5 Å². The van der Waals surface area contributed by atoms with Crippen molar-refractivity contribution in [3.05, 3.63) is 53.2 Å². The first-order valence-electron chi connectivity index (χ1n) is 9.17. The third kappa shape index (κ3) is 3.15. The summed E-state index contributed by atoms with van der Waals surface area (Å²) in [6.45, 7) is 4.77. The van der Waals surface area contributed by atoms with Crippen molar-refractivity contribution in [2.75, 3.05) is 0 Å². The highest BCUT2D eigenvalue weighted by molar-refractivity contribution is 9.09. The van der Waals surface area contributed by atoms with Crippen LogP contribution in [0.25, 0.3) is 21.7 Å². The number of nitrogens with zero attached hydrogens (tertiary/aromatic N) is 1. The summed E-state index contributed by atoms with van der Waals surface area (Å²) in [5.41, 5.74) is 3.59. The van der Waals surface area contributed by atoms with E-state index in [9.17, 15) is 9.59 Å². The summed E-state index contributed by atoms with van der Waals surface area (Å²) in [4.78, 5) is 28.3. The highest BCUT2D eigenvalue weighted by Crippen LogP contribution is 2.46. The van der Waals surface area contributed by atoms with Gasteiger partial charge in [-0.25, -0.2) is 4.98 Å². The molecule has 144 valence electrons. The number of fused-ring (bicyclic) bond motifs is 4. The van der Waals surface area contributed by atoms with Gasteiger partial charge in [0.15, 0.2) is 6.10 Å². The molecular formula is C22H20BrNO4. The van der Waals surface area contributed by atoms with Crippen LogP contribution < -0.4 is 0 Å². The van der Waals surface area contributed by atoms with Gasteiger partial charge in [-0.15, -0.1) is 0 Å². The fourth-order valence-corrected chi connectivity index (χ4v) is 5.01. The van der Waals surface area contributed by atoms with Crippen molar-refractivity contribution in [1.82, 2.24) is 4.98 Å². The lowest BCUT2D eigenvalue weighted by atomic mass is 9.86. The van der Waals surface area contributed by atoms with Crippen molar-refractivity contribution in [3.63, 3.8) is 0 Å². The Balaban J connectivity index is 2.01. The fraction of sp³-hybridized carbons (Fsp3) is 0.318. The number of aryl methyl sites for hydroxylation is 1. The Hall–Kier alpha value is -2.47. The van der Waals surface area contributed by atoms with Gasteiger partial charge < -0.3 is 9.47 Å². The van der Waals surface area contributed by atoms with Crippen LogP contribution in [-0.4, -0.2) is 23.0 Å². The van der Waals surface area contributed by atoms with Crippen LogP contribution in [-0.2, 0) is 19.1 Å². The van der Waals surface area contributed by atoms with E-state index >= 15 is 0 Å². The van der Waals surface area contributed by atoms with Crippen LogP contribution in [0.4, 0.5) is 0 Å². The van der Waals surface area contributed by atoms with Gasteiger partial charge in [-0.1, -0.05) is 52.3 Å². The zero-order chi connectivity index (χ0) is 20.0. The molecule has 0 amide bonds. The number of esters is 2. The summed E-state index contributed by atoms with van der Waals surface area (Å²) in [6.07, 6.45) is -0.809. The number of halogens is 1. The Morgan fingerprint density at radius 2 is 1.75 bits per heavy atom. The van der Waals surface area contributed by atoms with Gasteiger partial charge in [0.2, 0.25) is 0 Å². The number of hydrogen-bond donors (Lipinski definition) is 0. The highest BCUT2D eigenvalue weighted by Gasteiger charge is 2.41. The van der Waals surface area contributed by atoms with Crippen molar-refractivity contribution < 1.29 is 19.1 Å². The van der Waals surface area contributed by atoms with Gasteiger partial charge in [-0.2, -0.15) is 0 Å². The first-order valence-corrected chi connectivity index (χ1v) is 10.1. The van der Waals surface area contributed by atoms with E-state index in [-0.39, 0.29) is 4.83 Å². The maximum absolute atomic E-state index is 11.8. The molecule has 0 saturated heterocycles. The van der Waals surface area contributed by atoms with Gasteiger partial charge in [0.05, 0.1) is 11.2 Å². The number of pyridine rings is 1. The highest BCUT2D eigenvalue weighted by atomic mass is 79.9.